The van der Waals surface area contributed by atoms with Crippen LogP contribution in [0.5, 0.6) is 0 Å². The van der Waals surface area contributed by atoms with Gasteiger partial charge in [0.2, 0.25) is 0 Å². The first-order chi connectivity index (χ1) is 9.08. The first-order valence-electron chi connectivity index (χ1n) is 5.95. The average Bonchev–Trinajstić information content (AvgIpc) is 2.71. The number of aryl methyl sites for hydroxylation is 2. The summed E-state index contributed by atoms with van der Waals surface area (Å²) in [6, 6.07) is 4.70. The van der Waals surface area contributed by atoms with Crippen molar-refractivity contribution in [2.24, 2.45) is 0 Å². The molecule has 1 amide bonds. The Morgan fingerprint density at radius 3 is 2.89 bits per heavy atom. The summed E-state index contributed by atoms with van der Waals surface area (Å²) < 4.78 is 6.59. The van der Waals surface area contributed by atoms with Crippen molar-refractivity contribution in [2.75, 3.05) is 6.54 Å². The Labute approximate surface area is 110 Å². The van der Waals surface area contributed by atoms with Gasteiger partial charge in [-0.3, -0.25) is 9.59 Å². The molecule has 0 saturated heterocycles. The Morgan fingerprint density at radius 2 is 2.26 bits per heavy atom. The number of furan rings is 1. The predicted molar refractivity (Wildman–Crippen MR) is 69.0 cm³/mol. The van der Waals surface area contributed by atoms with E-state index in [2.05, 4.69) is 10.4 Å². The second-order valence-electron chi connectivity index (χ2n) is 4.17. The summed E-state index contributed by atoms with van der Waals surface area (Å²) in [5, 5.41) is 6.63. The second kappa shape index (κ2) is 5.51. The van der Waals surface area contributed by atoms with E-state index in [9.17, 15) is 9.59 Å². The van der Waals surface area contributed by atoms with Gasteiger partial charge < -0.3 is 9.73 Å². The SMILES string of the molecule is Cc1cc(C(=O)NCCn2ncccc2=O)c(C)o1. The van der Waals surface area contributed by atoms with Crippen molar-refractivity contribution in [3.63, 3.8) is 0 Å². The van der Waals surface area contributed by atoms with E-state index in [4.69, 9.17) is 4.42 Å². The minimum atomic E-state index is -0.210. The topological polar surface area (TPSA) is 77.1 Å². The van der Waals surface area contributed by atoms with Crippen LogP contribution >= 0.6 is 0 Å². The smallest absolute Gasteiger partial charge is 0.266 e. The lowest BCUT2D eigenvalue weighted by Crippen LogP contribution is -2.31. The number of amides is 1. The van der Waals surface area contributed by atoms with E-state index >= 15 is 0 Å². The van der Waals surface area contributed by atoms with Crippen molar-refractivity contribution in [3.8, 4) is 0 Å². The molecule has 2 aromatic heterocycles. The van der Waals surface area contributed by atoms with Gasteiger partial charge in [-0.15, -0.1) is 0 Å². The van der Waals surface area contributed by atoms with Gasteiger partial charge in [-0.25, -0.2) is 4.68 Å². The normalized spacial score (nSPS) is 10.4. The molecule has 6 nitrogen and oxygen atoms in total. The van der Waals surface area contributed by atoms with E-state index in [0.29, 0.717) is 30.2 Å². The molecule has 0 bridgehead atoms. The molecule has 0 aliphatic carbocycles. The number of carbonyl (C=O) groups excluding carboxylic acids is 1. The van der Waals surface area contributed by atoms with Crippen LogP contribution in [0.15, 0.2) is 33.6 Å². The highest BCUT2D eigenvalue weighted by Gasteiger charge is 2.12. The monoisotopic (exact) mass is 261 g/mol. The summed E-state index contributed by atoms with van der Waals surface area (Å²) in [7, 11) is 0. The van der Waals surface area contributed by atoms with E-state index < -0.39 is 0 Å². The van der Waals surface area contributed by atoms with Gasteiger partial charge in [0.05, 0.1) is 12.1 Å². The lowest BCUT2D eigenvalue weighted by molar-refractivity contribution is 0.0950. The number of rotatable bonds is 4. The van der Waals surface area contributed by atoms with Crippen LogP contribution in [-0.4, -0.2) is 22.2 Å². The average molecular weight is 261 g/mol. The van der Waals surface area contributed by atoms with Gasteiger partial charge in [0, 0.05) is 18.8 Å². The third-order valence-corrected chi connectivity index (χ3v) is 2.68. The van der Waals surface area contributed by atoms with Crippen molar-refractivity contribution in [2.45, 2.75) is 20.4 Å². The molecule has 2 aromatic rings. The van der Waals surface area contributed by atoms with E-state index in [1.165, 1.54) is 16.9 Å². The predicted octanol–water partition coefficient (Wildman–Crippen LogP) is 0.883. The fourth-order valence-electron chi connectivity index (χ4n) is 1.78. The summed E-state index contributed by atoms with van der Waals surface area (Å²) in [5.41, 5.74) is 0.331. The van der Waals surface area contributed by atoms with Crippen LogP contribution in [0.1, 0.15) is 21.9 Å². The van der Waals surface area contributed by atoms with Crippen LogP contribution in [0.25, 0.3) is 0 Å². The lowest BCUT2D eigenvalue weighted by Gasteiger charge is -2.05. The highest BCUT2D eigenvalue weighted by atomic mass is 16.3. The largest absolute Gasteiger partial charge is 0.466 e. The molecule has 0 atom stereocenters. The van der Waals surface area contributed by atoms with E-state index in [1.54, 1.807) is 26.0 Å². The minimum absolute atomic E-state index is 0.188. The second-order valence-corrected chi connectivity index (χ2v) is 4.17. The van der Waals surface area contributed by atoms with Crippen LogP contribution in [-0.2, 0) is 6.54 Å². The molecule has 0 aliphatic heterocycles. The molecular formula is C13H15N3O3. The highest BCUT2D eigenvalue weighted by molar-refractivity contribution is 5.95. The van der Waals surface area contributed by atoms with Crippen molar-refractivity contribution < 1.29 is 9.21 Å². The van der Waals surface area contributed by atoms with Crippen LogP contribution in [0.4, 0.5) is 0 Å². The molecule has 2 rings (SSSR count). The van der Waals surface area contributed by atoms with Gasteiger partial charge in [-0.05, 0) is 26.0 Å². The van der Waals surface area contributed by atoms with Gasteiger partial charge in [0.1, 0.15) is 11.5 Å². The standard InChI is InChI=1S/C13H15N3O3/c1-9-8-11(10(2)19-9)13(18)14-6-7-16-12(17)4-3-5-15-16/h3-5,8H,6-7H2,1-2H3,(H,14,18). The Morgan fingerprint density at radius 1 is 1.47 bits per heavy atom. The molecule has 100 valence electrons. The number of nitrogens with zero attached hydrogens (tertiary/aromatic N) is 2. The highest BCUT2D eigenvalue weighted by Crippen LogP contribution is 2.12. The Balaban J connectivity index is 1.93. The van der Waals surface area contributed by atoms with Gasteiger partial charge in [-0.1, -0.05) is 0 Å². The minimum Gasteiger partial charge on any atom is -0.466 e. The molecule has 1 N–H and O–H groups in total. The molecular weight excluding hydrogens is 246 g/mol. The summed E-state index contributed by atoms with van der Waals surface area (Å²) in [5.74, 6) is 1.08. The molecule has 0 unspecified atom stereocenters. The number of nitrogens with one attached hydrogen (secondary N) is 1. The van der Waals surface area contributed by atoms with Crippen molar-refractivity contribution in [3.05, 3.63) is 51.8 Å². The van der Waals surface area contributed by atoms with Crippen molar-refractivity contribution in [1.82, 2.24) is 15.1 Å². The van der Waals surface area contributed by atoms with Crippen LogP contribution in [0.2, 0.25) is 0 Å². The van der Waals surface area contributed by atoms with Crippen molar-refractivity contribution >= 4 is 5.91 Å². The third kappa shape index (κ3) is 3.09. The summed E-state index contributed by atoms with van der Waals surface area (Å²) in [6.07, 6.45) is 1.53. The van der Waals surface area contributed by atoms with E-state index in [-0.39, 0.29) is 11.5 Å². The number of hydrogen-bond donors (Lipinski definition) is 1. The summed E-state index contributed by atoms with van der Waals surface area (Å²) in [6.45, 7) is 4.20. The van der Waals surface area contributed by atoms with Gasteiger partial charge >= 0.3 is 0 Å². The zero-order chi connectivity index (χ0) is 13.8. The molecule has 6 heteroatoms. The molecule has 19 heavy (non-hydrogen) atoms. The first kappa shape index (κ1) is 13.1. The Bertz CT molecular complexity index is 643. The lowest BCUT2D eigenvalue weighted by atomic mass is 10.2. The fourth-order valence-corrected chi connectivity index (χ4v) is 1.78. The van der Waals surface area contributed by atoms with Gasteiger partial charge in [0.15, 0.2) is 0 Å². The molecule has 0 fully saturated rings. The molecule has 0 radical (unpaired) electrons. The first-order valence-corrected chi connectivity index (χ1v) is 5.95. The van der Waals surface area contributed by atoms with Crippen molar-refractivity contribution in [1.29, 1.82) is 0 Å². The third-order valence-electron chi connectivity index (χ3n) is 2.68. The maximum atomic E-state index is 11.9. The maximum Gasteiger partial charge on any atom is 0.266 e. The quantitative estimate of drug-likeness (QED) is 0.886. The Hall–Kier alpha value is -2.37. The van der Waals surface area contributed by atoms with Crippen LogP contribution in [0.3, 0.4) is 0 Å². The zero-order valence-corrected chi connectivity index (χ0v) is 10.8. The van der Waals surface area contributed by atoms with Crippen LogP contribution in [0, 0.1) is 13.8 Å². The van der Waals surface area contributed by atoms with E-state index in [1.807, 2.05) is 0 Å². The summed E-state index contributed by atoms with van der Waals surface area (Å²) >= 11 is 0. The molecule has 0 spiro atoms. The molecule has 2 heterocycles. The number of aromatic nitrogens is 2. The molecule has 0 aromatic carbocycles. The van der Waals surface area contributed by atoms with E-state index in [0.717, 1.165) is 0 Å². The Kier molecular flexibility index (Phi) is 3.79. The zero-order valence-electron chi connectivity index (χ0n) is 10.8. The number of hydrogen-bond acceptors (Lipinski definition) is 4. The van der Waals surface area contributed by atoms with Gasteiger partial charge in [-0.2, -0.15) is 5.10 Å². The van der Waals surface area contributed by atoms with Gasteiger partial charge in [0.25, 0.3) is 11.5 Å². The maximum absolute atomic E-state index is 11.9. The summed E-state index contributed by atoms with van der Waals surface area (Å²) in [4.78, 5) is 23.3. The molecule has 0 saturated carbocycles. The molecule has 0 aliphatic rings. The number of carbonyl (C=O) groups is 1. The van der Waals surface area contributed by atoms with Crippen LogP contribution < -0.4 is 10.9 Å². The fraction of sp³-hybridized carbons (Fsp3) is 0.308.